The van der Waals surface area contributed by atoms with Gasteiger partial charge in [-0.2, -0.15) is 0 Å². The van der Waals surface area contributed by atoms with Crippen LogP contribution in [-0.4, -0.2) is 29.4 Å². The van der Waals surface area contributed by atoms with Crippen LogP contribution in [0, 0.1) is 11.8 Å². The lowest BCUT2D eigenvalue weighted by atomic mass is 9.78. The van der Waals surface area contributed by atoms with Gasteiger partial charge in [-0.15, -0.1) is 0 Å². The van der Waals surface area contributed by atoms with Gasteiger partial charge in [0.1, 0.15) is 6.42 Å². The molecule has 1 heterocycles. The second-order valence-electron chi connectivity index (χ2n) is 6.09. The monoisotopic (exact) mass is 286 g/mol. The zero-order valence-electron chi connectivity index (χ0n) is 12.8. The van der Waals surface area contributed by atoms with Crippen molar-refractivity contribution >= 4 is 18.6 Å². The fourth-order valence-corrected chi connectivity index (χ4v) is 1.96. The van der Waals surface area contributed by atoms with E-state index in [2.05, 4.69) is 11.8 Å². The van der Waals surface area contributed by atoms with E-state index in [1.165, 1.54) is 0 Å². The normalized spacial score (nSPS) is 19.0. The van der Waals surface area contributed by atoms with Crippen molar-refractivity contribution in [3.8, 4) is 11.8 Å². The van der Waals surface area contributed by atoms with Gasteiger partial charge in [-0.3, -0.25) is 4.79 Å². The fraction of sp³-hybridized carbons (Fsp3) is 0.438. The molecular formula is C16H19BO4. The largest absolute Gasteiger partial charge is 0.494 e. The van der Waals surface area contributed by atoms with Crippen LogP contribution in [0.2, 0.25) is 0 Å². The molecule has 2 rings (SSSR count). The molecule has 1 aromatic rings. The quantitative estimate of drug-likeness (QED) is 0.665. The van der Waals surface area contributed by atoms with Crippen LogP contribution in [0.3, 0.4) is 0 Å². The second-order valence-corrected chi connectivity index (χ2v) is 6.09. The molecule has 110 valence electrons. The number of carboxylic acids is 1. The molecule has 1 aliphatic rings. The van der Waals surface area contributed by atoms with Crippen molar-refractivity contribution in [3.05, 3.63) is 29.8 Å². The Hall–Kier alpha value is -1.77. The summed E-state index contributed by atoms with van der Waals surface area (Å²) < 4.78 is 12.0. The third-order valence-electron chi connectivity index (χ3n) is 3.88. The van der Waals surface area contributed by atoms with Gasteiger partial charge in [0, 0.05) is 5.56 Å². The van der Waals surface area contributed by atoms with Crippen molar-refractivity contribution < 1.29 is 19.2 Å². The highest BCUT2D eigenvalue weighted by Gasteiger charge is 2.51. The molecule has 21 heavy (non-hydrogen) atoms. The van der Waals surface area contributed by atoms with Gasteiger partial charge >= 0.3 is 13.1 Å². The maximum atomic E-state index is 10.5. The summed E-state index contributed by atoms with van der Waals surface area (Å²) in [6.45, 7) is 8.01. The van der Waals surface area contributed by atoms with E-state index in [4.69, 9.17) is 14.4 Å². The van der Waals surface area contributed by atoms with Crippen molar-refractivity contribution in [2.75, 3.05) is 0 Å². The van der Waals surface area contributed by atoms with Gasteiger partial charge in [-0.1, -0.05) is 24.0 Å². The third-order valence-corrected chi connectivity index (χ3v) is 3.88. The van der Waals surface area contributed by atoms with Crippen LogP contribution < -0.4 is 5.46 Å². The first-order valence-corrected chi connectivity index (χ1v) is 6.87. The van der Waals surface area contributed by atoms with Crippen LogP contribution in [0.25, 0.3) is 0 Å². The minimum absolute atomic E-state index is 0.166. The Bertz CT molecular complexity index is 594. The Balaban J connectivity index is 2.19. The lowest BCUT2D eigenvalue weighted by molar-refractivity contribution is -0.135. The van der Waals surface area contributed by atoms with E-state index in [1.54, 1.807) is 0 Å². The van der Waals surface area contributed by atoms with Crippen LogP contribution in [0.4, 0.5) is 0 Å². The molecule has 0 bridgehead atoms. The number of hydrogen-bond acceptors (Lipinski definition) is 3. The standard InChI is InChI=1S/C16H19BO4/c1-15(2)16(3,4)21-17(20-15)13-9-5-7-12(11-13)8-6-10-14(18)19/h5,7,9,11H,10H2,1-4H3,(H,18,19). The molecule has 0 aromatic heterocycles. The van der Waals surface area contributed by atoms with Gasteiger partial charge < -0.3 is 14.4 Å². The van der Waals surface area contributed by atoms with Crippen LogP contribution in [0.5, 0.6) is 0 Å². The molecule has 1 N–H and O–H groups in total. The molecule has 0 amide bonds. The van der Waals surface area contributed by atoms with Gasteiger partial charge in [-0.05, 0) is 45.3 Å². The van der Waals surface area contributed by atoms with Crippen LogP contribution in [-0.2, 0) is 14.1 Å². The number of benzene rings is 1. The highest BCUT2D eigenvalue weighted by Crippen LogP contribution is 2.36. The second kappa shape index (κ2) is 5.55. The molecular weight excluding hydrogens is 267 g/mol. The predicted molar refractivity (Wildman–Crippen MR) is 81.3 cm³/mol. The first-order valence-electron chi connectivity index (χ1n) is 6.87. The fourth-order valence-electron chi connectivity index (χ4n) is 1.96. The zero-order valence-corrected chi connectivity index (χ0v) is 12.8. The predicted octanol–water partition coefficient (Wildman–Crippen LogP) is 1.81. The van der Waals surface area contributed by atoms with Crippen molar-refractivity contribution in [3.63, 3.8) is 0 Å². The summed E-state index contributed by atoms with van der Waals surface area (Å²) in [5.41, 5.74) is 0.866. The number of rotatable bonds is 2. The summed E-state index contributed by atoms with van der Waals surface area (Å²) in [5.74, 6) is 4.53. The average molecular weight is 286 g/mol. The van der Waals surface area contributed by atoms with Gasteiger partial charge in [0.25, 0.3) is 0 Å². The maximum Gasteiger partial charge on any atom is 0.494 e. The minimum atomic E-state index is -0.926. The smallest absolute Gasteiger partial charge is 0.481 e. The van der Waals surface area contributed by atoms with Gasteiger partial charge in [0.2, 0.25) is 0 Å². The Morgan fingerprint density at radius 3 is 2.43 bits per heavy atom. The molecule has 0 spiro atoms. The van der Waals surface area contributed by atoms with Gasteiger partial charge in [0.15, 0.2) is 0 Å². The molecule has 5 heteroatoms. The Morgan fingerprint density at radius 1 is 1.24 bits per heavy atom. The Labute approximate surface area is 125 Å². The number of carboxylic acid groups (broad SMARTS) is 1. The van der Waals surface area contributed by atoms with E-state index < -0.39 is 13.1 Å². The molecule has 4 nitrogen and oxygen atoms in total. The van der Waals surface area contributed by atoms with Crippen molar-refractivity contribution in [1.29, 1.82) is 0 Å². The molecule has 0 radical (unpaired) electrons. The van der Waals surface area contributed by atoms with E-state index in [9.17, 15) is 4.79 Å². The summed E-state index contributed by atoms with van der Waals surface area (Å²) in [6.07, 6.45) is -0.166. The number of carbonyl (C=O) groups is 1. The zero-order chi connectivity index (χ0) is 15.7. The summed E-state index contributed by atoms with van der Waals surface area (Å²) in [7, 11) is -0.434. The minimum Gasteiger partial charge on any atom is -0.481 e. The molecule has 1 fully saturated rings. The maximum absolute atomic E-state index is 10.5. The molecule has 0 aliphatic carbocycles. The highest BCUT2D eigenvalue weighted by atomic mass is 16.7. The van der Waals surface area contributed by atoms with Crippen molar-refractivity contribution in [2.45, 2.75) is 45.3 Å². The molecule has 1 aromatic carbocycles. The van der Waals surface area contributed by atoms with Crippen LogP contribution in [0.1, 0.15) is 39.7 Å². The van der Waals surface area contributed by atoms with Crippen molar-refractivity contribution in [1.82, 2.24) is 0 Å². The van der Waals surface area contributed by atoms with E-state index in [1.807, 2.05) is 52.0 Å². The van der Waals surface area contributed by atoms with E-state index in [0.29, 0.717) is 0 Å². The molecule has 1 aliphatic heterocycles. The third kappa shape index (κ3) is 3.47. The van der Waals surface area contributed by atoms with Gasteiger partial charge in [0.05, 0.1) is 11.2 Å². The molecule has 1 saturated heterocycles. The van der Waals surface area contributed by atoms with E-state index in [-0.39, 0.29) is 17.6 Å². The number of hydrogen-bond donors (Lipinski definition) is 1. The van der Waals surface area contributed by atoms with Crippen LogP contribution >= 0.6 is 0 Å². The Kier molecular flexibility index (Phi) is 4.13. The highest BCUT2D eigenvalue weighted by molar-refractivity contribution is 6.62. The lowest BCUT2D eigenvalue weighted by Crippen LogP contribution is -2.41. The first-order chi connectivity index (χ1) is 9.71. The summed E-state index contributed by atoms with van der Waals surface area (Å²) >= 11 is 0. The Morgan fingerprint density at radius 2 is 1.86 bits per heavy atom. The molecule has 0 unspecified atom stereocenters. The summed E-state index contributed by atoms with van der Waals surface area (Å²) in [4.78, 5) is 10.5. The van der Waals surface area contributed by atoms with Gasteiger partial charge in [-0.25, -0.2) is 0 Å². The summed E-state index contributed by atoms with van der Waals surface area (Å²) in [6, 6.07) is 7.50. The van der Waals surface area contributed by atoms with E-state index >= 15 is 0 Å². The van der Waals surface area contributed by atoms with Crippen molar-refractivity contribution in [2.24, 2.45) is 0 Å². The average Bonchev–Trinajstić information content (AvgIpc) is 2.58. The lowest BCUT2D eigenvalue weighted by Gasteiger charge is -2.32. The topological polar surface area (TPSA) is 55.8 Å². The van der Waals surface area contributed by atoms with Crippen LogP contribution in [0.15, 0.2) is 24.3 Å². The van der Waals surface area contributed by atoms with E-state index in [0.717, 1.165) is 11.0 Å². The summed E-state index contributed by atoms with van der Waals surface area (Å²) in [5, 5.41) is 8.59. The molecule has 0 saturated carbocycles. The number of aliphatic carboxylic acids is 1. The SMILES string of the molecule is CC1(C)OB(c2cccc(C#CCC(=O)O)c2)OC1(C)C. The first kappa shape index (κ1) is 15.6. The molecule has 0 atom stereocenters.